The lowest BCUT2D eigenvalue weighted by Gasteiger charge is -2.02. The van der Waals surface area contributed by atoms with E-state index in [-0.39, 0.29) is 5.69 Å². The number of nitrogens with zero attached hydrogens (tertiary/aromatic N) is 2. The Labute approximate surface area is 87.1 Å². The molecule has 0 bridgehead atoms. The molecule has 0 aliphatic heterocycles. The van der Waals surface area contributed by atoms with Crippen molar-refractivity contribution >= 4 is 26.8 Å². The molecule has 2 aromatic heterocycles. The van der Waals surface area contributed by atoms with Crippen LogP contribution in [-0.2, 0) is 0 Å². The average Bonchev–Trinajstić information content (AvgIpc) is 2.18. The minimum atomic E-state index is -2.54. The van der Waals surface area contributed by atoms with Crippen molar-refractivity contribution in [3.8, 4) is 0 Å². The minimum Gasteiger partial charge on any atom is -0.263 e. The molecule has 0 atom stereocenters. The molecular formula is C9H5BrF2N2. The molecule has 72 valence electrons. The topological polar surface area (TPSA) is 25.8 Å². The molecule has 2 rings (SSSR count). The molecule has 0 aliphatic rings. The highest BCUT2D eigenvalue weighted by molar-refractivity contribution is 9.10. The summed E-state index contributed by atoms with van der Waals surface area (Å²) in [6, 6.07) is 2.89. The van der Waals surface area contributed by atoms with Crippen LogP contribution in [0, 0.1) is 0 Å². The molecule has 2 heterocycles. The first kappa shape index (κ1) is 9.45. The molecule has 0 saturated carbocycles. The first-order valence-electron chi connectivity index (χ1n) is 3.87. The lowest BCUT2D eigenvalue weighted by Crippen LogP contribution is -1.91. The van der Waals surface area contributed by atoms with Gasteiger partial charge >= 0.3 is 0 Å². The third-order valence-electron chi connectivity index (χ3n) is 1.80. The van der Waals surface area contributed by atoms with E-state index in [2.05, 4.69) is 25.9 Å². The SMILES string of the molecule is FC(F)c1ccc2cncc(Br)c2n1. The van der Waals surface area contributed by atoms with Gasteiger partial charge < -0.3 is 0 Å². The largest absolute Gasteiger partial charge is 0.280 e. The monoisotopic (exact) mass is 258 g/mol. The molecule has 0 saturated heterocycles. The fourth-order valence-electron chi connectivity index (χ4n) is 1.15. The second-order valence-corrected chi connectivity index (χ2v) is 3.58. The van der Waals surface area contributed by atoms with Crippen LogP contribution in [0.1, 0.15) is 12.1 Å². The van der Waals surface area contributed by atoms with Gasteiger partial charge in [-0.1, -0.05) is 0 Å². The van der Waals surface area contributed by atoms with Gasteiger partial charge in [-0.15, -0.1) is 0 Å². The second kappa shape index (κ2) is 3.57. The normalized spacial score (nSPS) is 11.1. The molecule has 14 heavy (non-hydrogen) atoms. The lowest BCUT2D eigenvalue weighted by molar-refractivity contribution is 0.146. The summed E-state index contributed by atoms with van der Waals surface area (Å²) in [6.45, 7) is 0. The van der Waals surface area contributed by atoms with Crippen LogP contribution in [0.3, 0.4) is 0 Å². The van der Waals surface area contributed by atoms with E-state index in [0.717, 1.165) is 5.39 Å². The summed E-state index contributed by atoms with van der Waals surface area (Å²) in [5.41, 5.74) is 0.294. The third kappa shape index (κ3) is 1.59. The zero-order valence-corrected chi connectivity index (χ0v) is 8.50. The number of alkyl halides is 2. The van der Waals surface area contributed by atoms with Gasteiger partial charge in [-0.2, -0.15) is 0 Å². The van der Waals surface area contributed by atoms with Crippen molar-refractivity contribution in [3.63, 3.8) is 0 Å². The fraction of sp³-hybridized carbons (Fsp3) is 0.111. The number of aromatic nitrogens is 2. The molecule has 2 nitrogen and oxygen atoms in total. The third-order valence-corrected chi connectivity index (χ3v) is 2.38. The summed E-state index contributed by atoms with van der Waals surface area (Å²) in [5.74, 6) is 0. The number of rotatable bonds is 1. The van der Waals surface area contributed by atoms with E-state index in [1.807, 2.05) is 0 Å². The van der Waals surface area contributed by atoms with E-state index in [4.69, 9.17) is 0 Å². The fourth-order valence-corrected chi connectivity index (χ4v) is 1.58. The molecule has 0 aromatic carbocycles. The number of halogens is 3. The van der Waals surface area contributed by atoms with Crippen molar-refractivity contribution in [2.24, 2.45) is 0 Å². The summed E-state index contributed by atoms with van der Waals surface area (Å²) in [5, 5.41) is 0.740. The second-order valence-electron chi connectivity index (χ2n) is 2.73. The number of hydrogen-bond acceptors (Lipinski definition) is 2. The summed E-state index contributed by atoms with van der Waals surface area (Å²) >= 11 is 3.21. The van der Waals surface area contributed by atoms with Gasteiger partial charge in [0.25, 0.3) is 6.43 Å². The zero-order chi connectivity index (χ0) is 10.1. The Hall–Kier alpha value is -1.10. The summed E-state index contributed by atoms with van der Waals surface area (Å²) in [7, 11) is 0. The van der Waals surface area contributed by atoms with E-state index < -0.39 is 6.43 Å². The van der Waals surface area contributed by atoms with Crippen molar-refractivity contribution in [2.45, 2.75) is 6.43 Å². The van der Waals surface area contributed by atoms with Crippen LogP contribution in [0.2, 0.25) is 0 Å². The standard InChI is InChI=1S/C9H5BrF2N2/c10-6-4-13-3-5-1-2-7(9(11)12)14-8(5)6/h1-4,9H. The van der Waals surface area contributed by atoms with E-state index in [1.54, 1.807) is 12.3 Å². The van der Waals surface area contributed by atoms with Crippen LogP contribution in [0.15, 0.2) is 29.0 Å². The molecule has 0 amide bonds. The maximum Gasteiger partial charge on any atom is 0.280 e. The van der Waals surface area contributed by atoms with Crippen LogP contribution in [-0.4, -0.2) is 9.97 Å². The van der Waals surface area contributed by atoms with E-state index >= 15 is 0 Å². The highest BCUT2D eigenvalue weighted by Gasteiger charge is 2.10. The van der Waals surface area contributed by atoms with E-state index in [9.17, 15) is 8.78 Å². The predicted molar refractivity (Wildman–Crippen MR) is 52.2 cm³/mol. The Morgan fingerprint density at radius 2 is 2.00 bits per heavy atom. The highest BCUT2D eigenvalue weighted by Crippen LogP contribution is 2.24. The van der Waals surface area contributed by atoms with Gasteiger partial charge in [0, 0.05) is 17.8 Å². The maximum atomic E-state index is 12.3. The van der Waals surface area contributed by atoms with Gasteiger partial charge in [0.2, 0.25) is 0 Å². The number of fused-ring (bicyclic) bond motifs is 1. The Bertz CT molecular complexity index is 473. The molecule has 0 spiro atoms. The molecule has 0 radical (unpaired) electrons. The van der Waals surface area contributed by atoms with Crippen molar-refractivity contribution in [2.75, 3.05) is 0 Å². The van der Waals surface area contributed by atoms with Crippen molar-refractivity contribution in [1.82, 2.24) is 9.97 Å². The smallest absolute Gasteiger partial charge is 0.263 e. The molecule has 0 aliphatic carbocycles. The van der Waals surface area contributed by atoms with Gasteiger partial charge in [-0.3, -0.25) is 4.98 Å². The summed E-state index contributed by atoms with van der Waals surface area (Å²) in [4.78, 5) is 7.75. The first-order valence-corrected chi connectivity index (χ1v) is 4.66. The van der Waals surface area contributed by atoms with Crippen molar-refractivity contribution < 1.29 is 8.78 Å². The van der Waals surface area contributed by atoms with E-state index in [0.29, 0.717) is 9.99 Å². The van der Waals surface area contributed by atoms with Crippen LogP contribution < -0.4 is 0 Å². The Balaban J connectivity index is 2.70. The quantitative estimate of drug-likeness (QED) is 0.784. The number of hydrogen-bond donors (Lipinski definition) is 0. The van der Waals surface area contributed by atoms with Gasteiger partial charge in [-0.05, 0) is 28.1 Å². The molecule has 5 heteroatoms. The van der Waals surface area contributed by atoms with Crippen LogP contribution in [0.5, 0.6) is 0 Å². The van der Waals surface area contributed by atoms with Gasteiger partial charge in [0.15, 0.2) is 0 Å². The van der Waals surface area contributed by atoms with Gasteiger partial charge in [0.05, 0.1) is 9.99 Å². The summed E-state index contributed by atoms with van der Waals surface area (Å²) in [6.07, 6.45) is 0.576. The highest BCUT2D eigenvalue weighted by atomic mass is 79.9. The maximum absolute atomic E-state index is 12.3. The van der Waals surface area contributed by atoms with Crippen LogP contribution >= 0.6 is 15.9 Å². The molecular weight excluding hydrogens is 254 g/mol. The molecule has 2 aromatic rings. The minimum absolute atomic E-state index is 0.218. The molecule has 0 unspecified atom stereocenters. The van der Waals surface area contributed by atoms with Gasteiger partial charge in [0.1, 0.15) is 5.69 Å². The Morgan fingerprint density at radius 1 is 1.21 bits per heavy atom. The predicted octanol–water partition coefficient (Wildman–Crippen LogP) is 3.33. The zero-order valence-electron chi connectivity index (χ0n) is 6.92. The lowest BCUT2D eigenvalue weighted by atomic mass is 10.2. The Kier molecular flexibility index (Phi) is 2.41. The van der Waals surface area contributed by atoms with Crippen LogP contribution in [0.25, 0.3) is 10.9 Å². The first-order chi connectivity index (χ1) is 6.68. The molecule has 0 fully saturated rings. The summed E-state index contributed by atoms with van der Waals surface area (Å²) < 4.78 is 25.3. The van der Waals surface area contributed by atoms with Crippen LogP contribution in [0.4, 0.5) is 8.78 Å². The average molecular weight is 259 g/mol. The molecule has 0 N–H and O–H groups in total. The Morgan fingerprint density at radius 3 is 2.71 bits per heavy atom. The van der Waals surface area contributed by atoms with Crippen molar-refractivity contribution in [1.29, 1.82) is 0 Å². The number of pyridine rings is 2. The van der Waals surface area contributed by atoms with Crippen molar-refractivity contribution in [3.05, 3.63) is 34.7 Å². The van der Waals surface area contributed by atoms with E-state index in [1.165, 1.54) is 12.3 Å². The van der Waals surface area contributed by atoms with Gasteiger partial charge in [-0.25, -0.2) is 13.8 Å².